The normalized spacial score (nSPS) is 17.2. The second-order valence-corrected chi connectivity index (χ2v) is 35.0. The summed E-state index contributed by atoms with van der Waals surface area (Å²) in [4.78, 5) is 183. The molecular formula is C83H123N13O21S2. The number of anilines is 1. The van der Waals surface area contributed by atoms with Gasteiger partial charge in [-0.15, -0.1) is 5.06 Å². The summed E-state index contributed by atoms with van der Waals surface area (Å²) >= 11 is 0. The van der Waals surface area contributed by atoms with Crippen LogP contribution in [0.3, 0.4) is 0 Å². The summed E-state index contributed by atoms with van der Waals surface area (Å²) < 4.78 is 28.6. The second kappa shape index (κ2) is 47.3. The number of rotatable bonds is 46. The number of carbonyl (C=O) groups is 13. The van der Waals surface area contributed by atoms with Crippen molar-refractivity contribution in [1.29, 1.82) is 0 Å². The molecule has 0 radical (unpaired) electrons. The van der Waals surface area contributed by atoms with E-state index in [1.165, 1.54) is 59.9 Å². The van der Waals surface area contributed by atoms with Crippen LogP contribution < -0.4 is 52.5 Å². The first kappa shape index (κ1) is 98.0. The average Bonchev–Trinajstić information content (AvgIpc) is 1.49. The van der Waals surface area contributed by atoms with Crippen LogP contribution in [0.15, 0.2) is 71.8 Å². The molecule has 0 saturated carbocycles. The number of hydrazone groups is 1. The molecule has 3 aromatic rings. The van der Waals surface area contributed by atoms with Gasteiger partial charge in [0.15, 0.2) is 0 Å². The van der Waals surface area contributed by atoms with Gasteiger partial charge in [0.2, 0.25) is 47.3 Å². The van der Waals surface area contributed by atoms with Crippen LogP contribution in [0.1, 0.15) is 189 Å². The molecule has 3 heterocycles. The van der Waals surface area contributed by atoms with Gasteiger partial charge in [0.25, 0.3) is 11.8 Å². The van der Waals surface area contributed by atoms with E-state index in [1.807, 2.05) is 45.9 Å². The highest BCUT2D eigenvalue weighted by Gasteiger charge is 2.45. The maximum atomic E-state index is 14.9. The average molecular weight is 1700 g/mol. The number of aromatic hydroxyl groups is 1. The first-order valence-corrected chi connectivity index (χ1v) is 42.9. The lowest BCUT2D eigenvalue weighted by Gasteiger charge is -2.41. The molecule has 0 aliphatic carbocycles. The quantitative estimate of drug-likeness (QED) is 0.0115. The fraction of sp³-hybridized carbons (Fsp3) is 0.614. The molecule has 36 heteroatoms. The SMILES string of the molecule is CC[C@H](C)[C@@H]([C@@H](CC(=O)N1CCC[C@H]1[C@H](OC)[C@@H](C)C(=O)N[C@H](C)[C@@H](O)c1ccccc1)OC)N(C)C(=O)[C@@H](NC(=O)[C@H](C(C)C)N(C)C(=O)OCc1ccc(NC(=O)[C@H](CCCNC(N)=O)NC(=O)[C@@H](NC(=O)CCSSC(C)(C)CC(=O)N/N=C2\CCOc3cc(OCCCC(=O)ON4C(=O)CCC4=O)cc(O)c32)C(C)C)cc1)C(C)C. The van der Waals surface area contributed by atoms with Gasteiger partial charge in [-0.3, -0.25) is 52.8 Å². The number of aliphatic hydroxyl groups is 1. The first-order chi connectivity index (χ1) is 56.3. The van der Waals surface area contributed by atoms with Crippen LogP contribution in [-0.2, 0) is 78.4 Å². The standard InChI is InChI=1S/C83H123N13O21S2/c1-17-50(8)73(62(112-15)44-67(102)95-38-22-27-59(95)75(113-16)51(9)76(105)86-52(10)74(104)54-24-19-18-20-25-54)93(13)80(109)71(48(4)5)90-79(108)72(49(6)7)94(14)82(111)116-46-53-29-31-55(32-30-53)87-77(106)58(26-21-37-85-81(84)110)88-78(107)70(47(2)3)89-63(98)36-41-118-119-83(11,12)45-64(99)92-91-57-35-40-115-61-43-56(42-60(97)69(57)61)114-39-23-28-68(103)117-96-65(100)33-34-66(96)101/h18-20,24-25,29-32,42-43,47-52,58-59,62,70-75,97,104H,17,21-23,26-28,33-41,44-46H2,1-16H3,(H,86,105)(H,87,106)(H,88,107)(H,89,98)(H,90,108)(H,92,99)(H3,84,85,110)/b91-57+/t50-,51+,52+,58-,59-,62+,70-,71-,72-,73-,74+,75+/m0/s1. The number of phenolic OH excluding ortho intramolecular Hbond substituents is 1. The molecule has 34 nitrogen and oxygen atoms in total. The Morgan fingerprint density at radius 3 is 2.06 bits per heavy atom. The third-order valence-corrected chi connectivity index (χ3v) is 24.4. The molecule has 658 valence electrons. The van der Waals surface area contributed by atoms with Crippen LogP contribution in [0.2, 0.25) is 0 Å². The molecule has 2 saturated heterocycles. The fourth-order valence-corrected chi connectivity index (χ4v) is 16.9. The highest BCUT2D eigenvalue weighted by molar-refractivity contribution is 8.77. The first-order valence-electron chi connectivity index (χ1n) is 40.5. The fourth-order valence-electron chi connectivity index (χ4n) is 14.4. The highest BCUT2D eigenvalue weighted by Crippen LogP contribution is 2.40. The number of hydrogen-bond acceptors (Lipinski definition) is 24. The Morgan fingerprint density at radius 2 is 1.44 bits per heavy atom. The third-order valence-electron chi connectivity index (χ3n) is 21.1. The Balaban J connectivity index is 0.976. The van der Waals surface area contributed by atoms with Crippen LogP contribution in [0, 0.1) is 29.6 Å². The minimum Gasteiger partial charge on any atom is -0.507 e. The molecule has 3 aromatic carbocycles. The summed E-state index contributed by atoms with van der Waals surface area (Å²) in [6, 6.07) is 11.3. The van der Waals surface area contributed by atoms with E-state index in [9.17, 15) is 72.5 Å². The number of imide groups is 1. The Labute approximate surface area is 704 Å². The zero-order valence-corrected chi connectivity index (χ0v) is 72.9. The lowest BCUT2D eigenvalue weighted by Crippen LogP contribution is -2.60. The highest BCUT2D eigenvalue weighted by atomic mass is 33.1. The molecule has 2 fully saturated rings. The number of methoxy groups -OCH3 is 2. The molecule has 13 amide bonds. The molecule has 11 N–H and O–H groups in total. The molecule has 0 unspecified atom stereocenters. The van der Waals surface area contributed by atoms with E-state index in [2.05, 4.69) is 42.4 Å². The molecule has 3 aliphatic heterocycles. The summed E-state index contributed by atoms with van der Waals surface area (Å²) in [6.45, 7) is 22.1. The van der Waals surface area contributed by atoms with Gasteiger partial charge in [-0.1, -0.05) is 133 Å². The number of hydrogen-bond donors (Lipinski definition) is 10. The van der Waals surface area contributed by atoms with E-state index < -0.39 is 154 Å². The van der Waals surface area contributed by atoms with E-state index in [-0.39, 0.29) is 131 Å². The number of primary amides is 1. The van der Waals surface area contributed by atoms with Gasteiger partial charge in [0, 0.05) is 102 Å². The number of nitrogens with zero attached hydrogens (tertiary/aromatic N) is 5. The largest absolute Gasteiger partial charge is 0.507 e. The van der Waals surface area contributed by atoms with Gasteiger partial charge in [-0.25, -0.2) is 19.8 Å². The number of phenols is 1. The predicted octanol–water partition coefficient (Wildman–Crippen LogP) is 7.31. The van der Waals surface area contributed by atoms with Crippen LogP contribution in [-0.4, -0.2) is 232 Å². The van der Waals surface area contributed by atoms with Gasteiger partial charge >= 0.3 is 18.1 Å². The van der Waals surface area contributed by atoms with Crippen molar-refractivity contribution in [3.05, 3.63) is 83.4 Å². The van der Waals surface area contributed by atoms with Crippen LogP contribution in [0.5, 0.6) is 17.2 Å². The van der Waals surface area contributed by atoms with E-state index >= 15 is 0 Å². The number of hydroxylamine groups is 2. The summed E-state index contributed by atoms with van der Waals surface area (Å²) in [5.41, 5.74) is 9.97. The molecule has 12 atom stereocenters. The van der Waals surface area contributed by atoms with Crippen molar-refractivity contribution < 1.29 is 101 Å². The smallest absolute Gasteiger partial charge is 0.410 e. The Bertz CT molecular complexity index is 3990. The number of ether oxygens (including phenoxy) is 5. The Morgan fingerprint density at radius 1 is 0.765 bits per heavy atom. The van der Waals surface area contributed by atoms with Crippen molar-refractivity contribution in [2.24, 2.45) is 40.4 Å². The zero-order valence-electron chi connectivity index (χ0n) is 71.2. The molecular weight excluding hydrogens is 1580 g/mol. The number of nitrogens with two attached hydrogens (primary N) is 1. The predicted molar refractivity (Wildman–Crippen MR) is 447 cm³/mol. The maximum absolute atomic E-state index is 14.9. The van der Waals surface area contributed by atoms with Crippen LogP contribution in [0.25, 0.3) is 0 Å². The molecule has 0 aromatic heterocycles. The van der Waals surface area contributed by atoms with Gasteiger partial charge in [-0.05, 0) is 99.8 Å². The molecule has 3 aliphatic rings. The number of aliphatic hydroxyl groups excluding tert-OH is 1. The minimum absolute atomic E-state index is 0.00636. The van der Waals surface area contributed by atoms with Crippen molar-refractivity contribution in [2.45, 2.75) is 239 Å². The van der Waals surface area contributed by atoms with Crippen molar-refractivity contribution in [2.75, 3.05) is 65.7 Å². The van der Waals surface area contributed by atoms with Crippen molar-refractivity contribution in [3.8, 4) is 17.2 Å². The summed E-state index contributed by atoms with van der Waals surface area (Å²) in [7, 11) is 8.77. The number of amides is 13. The molecule has 119 heavy (non-hydrogen) atoms. The van der Waals surface area contributed by atoms with E-state index in [1.54, 1.807) is 109 Å². The van der Waals surface area contributed by atoms with Crippen LogP contribution in [0.4, 0.5) is 15.3 Å². The molecule has 6 rings (SSSR count). The van der Waals surface area contributed by atoms with E-state index in [0.717, 1.165) is 0 Å². The summed E-state index contributed by atoms with van der Waals surface area (Å²) in [5, 5.41) is 43.5. The molecule has 0 bridgehead atoms. The van der Waals surface area contributed by atoms with E-state index in [4.69, 9.17) is 34.3 Å². The van der Waals surface area contributed by atoms with Gasteiger partial charge in [-0.2, -0.15) is 5.10 Å². The van der Waals surface area contributed by atoms with Gasteiger partial charge in [0.1, 0.15) is 48.0 Å². The maximum Gasteiger partial charge on any atom is 0.410 e. The molecule has 0 spiro atoms. The topological polar surface area (TPSA) is 453 Å². The van der Waals surface area contributed by atoms with Crippen molar-refractivity contribution >= 4 is 110 Å². The monoisotopic (exact) mass is 1700 g/mol. The van der Waals surface area contributed by atoms with Crippen molar-refractivity contribution in [1.82, 2.24) is 51.8 Å². The number of benzene rings is 3. The lowest BCUT2D eigenvalue weighted by atomic mass is 9.89. The Kier molecular flexibility index (Phi) is 39.0. The Hall–Kier alpha value is -9.78. The van der Waals surface area contributed by atoms with Gasteiger partial charge < -0.3 is 86.2 Å². The number of carbonyl (C=O) groups excluding carboxylic acids is 13. The number of likely N-dealkylation sites (tertiary alicyclic amines) is 1. The number of nitrogens with one attached hydrogen (secondary N) is 7. The lowest BCUT2D eigenvalue weighted by molar-refractivity contribution is -0.197. The van der Waals surface area contributed by atoms with E-state index in [0.29, 0.717) is 59.1 Å². The zero-order chi connectivity index (χ0) is 88.1. The van der Waals surface area contributed by atoms with Crippen molar-refractivity contribution in [3.63, 3.8) is 0 Å². The van der Waals surface area contributed by atoms with Gasteiger partial charge in [0.05, 0.1) is 79.7 Å². The third kappa shape index (κ3) is 29.3. The van der Waals surface area contributed by atoms with Crippen LogP contribution >= 0.6 is 21.6 Å². The number of fused-ring (bicyclic) bond motifs is 1. The summed E-state index contributed by atoms with van der Waals surface area (Å²) in [5.74, 6) is -7.36. The minimum atomic E-state index is -1.16. The number of likely N-dealkylation sites (N-methyl/N-ethyl adjacent to an activating group) is 2. The second-order valence-electron chi connectivity index (χ2n) is 31.9. The number of urea groups is 1. The summed E-state index contributed by atoms with van der Waals surface area (Å²) in [6.07, 6.45) is -0.996.